The zero-order chi connectivity index (χ0) is 60.7. The normalized spacial score (nSPS) is 13.1. The number of aromatic nitrogens is 2. The third-order valence-electron chi connectivity index (χ3n) is 19.6. The van der Waals surface area contributed by atoms with Crippen LogP contribution in [0.1, 0.15) is 78.0 Å². The lowest BCUT2D eigenvalue weighted by molar-refractivity contribution is 0.590. The average Bonchev–Trinajstić information content (AvgIpc) is 0.900. The lowest BCUT2D eigenvalue weighted by atomic mass is 9.33. The number of fused-ring (bicyclic) bond motifs is 13. The van der Waals surface area contributed by atoms with Crippen LogP contribution in [0.5, 0.6) is 0 Å². The first-order valence-electron chi connectivity index (χ1n) is 32.2. The predicted octanol–water partition coefficient (Wildman–Crippen LogP) is 21.1. The molecule has 0 saturated carbocycles. The molecule has 0 N–H and O–H groups in total. The van der Waals surface area contributed by atoms with Crippen molar-refractivity contribution in [2.75, 3.05) is 9.80 Å². The van der Waals surface area contributed by atoms with Crippen LogP contribution in [0.3, 0.4) is 0 Å². The summed E-state index contributed by atoms with van der Waals surface area (Å²) in [5.41, 5.74) is 27.6. The Bertz CT molecular complexity index is 5230. The van der Waals surface area contributed by atoms with E-state index in [1.807, 2.05) is 0 Å². The molecule has 2 aliphatic heterocycles. The Morgan fingerprint density at radius 2 is 0.800 bits per heavy atom. The van der Waals surface area contributed by atoms with Gasteiger partial charge in [-0.25, -0.2) is 0 Å². The molecule has 0 bridgehead atoms. The molecule has 0 amide bonds. The average molecular weight is 1160 g/mol. The van der Waals surface area contributed by atoms with E-state index < -0.39 is 0 Å². The highest BCUT2D eigenvalue weighted by Crippen LogP contribution is 2.54. The highest BCUT2D eigenvalue weighted by molar-refractivity contribution is 7.00. The first-order valence-corrected chi connectivity index (χ1v) is 32.2. The monoisotopic (exact) mass is 1160 g/mol. The van der Waals surface area contributed by atoms with Crippen molar-refractivity contribution >= 4 is 123 Å². The van der Waals surface area contributed by atoms with Gasteiger partial charge in [0.25, 0.3) is 6.71 Å². The molecule has 15 aromatic rings. The van der Waals surface area contributed by atoms with Gasteiger partial charge < -0.3 is 23.4 Å². The highest BCUT2D eigenvalue weighted by Gasteiger charge is 2.46. The lowest BCUT2D eigenvalue weighted by Crippen LogP contribution is -2.61. The second-order valence-corrected chi connectivity index (χ2v) is 27.1. The zero-order valence-electron chi connectivity index (χ0n) is 52.1. The van der Waals surface area contributed by atoms with Gasteiger partial charge in [-0.05, 0) is 153 Å². The number of unbranched alkanes of at least 4 members (excludes halogenated alkanes) is 1. The fourth-order valence-corrected chi connectivity index (χ4v) is 15.2. The molecular formula is C84H69BN4O. The van der Waals surface area contributed by atoms with Gasteiger partial charge in [0.15, 0.2) is 0 Å². The fraction of sp³-hybridized carbons (Fsp3) is 0.143. The minimum atomic E-state index is -0.283. The summed E-state index contributed by atoms with van der Waals surface area (Å²) in [5, 5.41) is 7.21. The van der Waals surface area contributed by atoms with Crippen molar-refractivity contribution in [1.29, 1.82) is 0 Å². The Kier molecular flexibility index (Phi) is 12.2. The molecule has 17 rings (SSSR count). The van der Waals surface area contributed by atoms with Crippen LogP contribution in [0.15, 0.2) is 259 Å². The summed E-state index contributed by atoms with van der Waals surface area (Å²) in [7, 11) is 0. The van der Waals surface area contributed by atoms with Gasteiger partial charge in [-0.2, -0.15) is 0 Å². The number of hydrogen-bond donors (Lipinski definition) is 0. The van der Waals surface area contributed by atoms with Gasteiger partial charge in [-0.15, -0.1) is 0 Å². The predicted molar refractivity (Wildman–Crippen MR) is 383 cm³/mol. The quantitative estimate of drug-likeness (QED) is 0.135. The summed E-state index contributed by atoms with van der Waals surface area (Å²) in [6.45, 7) is 16.4. The molecule has 0 fully saturated rings. The number of rotatable bonds is 9. The molecule has 90 heavy (non-hydrogen) atoms. The van der Waals surface area contributed by atoms with Gasteiger partial charge in [-0.3, -0.25) is 0 Å². The summed E-state index contributed by atoms with van der Waals surface area (Å²) in [6, 6.07) is 96.2. The first-order chi connectivity index (χ1) is 43.9. The molecule has 0 aliphatic carbocycles. The van der Waals surface area contributed by atoms with Crippen molar-refractivity contribution in [2.24, 2.45) is 0 Å². The summed E-state index contributed by atoms with van der Waals surface area (Å²) in [6.07, 6.45) is 3.02. The molecule has 434 valence electrons. The Balaban J connectivity index is 1.06. The summed E-state index contributed by atoms with van der Waals surface area (Å²) < 4.78 is 12.0. The third kappa shape index (κ3) is 8.23. The maximum atomic E-state index is 6.97. The molecule has 3 aromatic heterocycles. The molecule has 2 aliphatic rings. The molecule has 0 saturated heterocycles. The van der Waals surface area contributed by atoms with Gasteiger partial charge in [0.2, 0.25) is 0 Å². The maximum Gasteiger partial charge on any atom is 0.252 e. The van der Waals surface area contributed by atoms with Crippen LogP contribution in [-0.4, -0.2) is 15.8 Å². The van der Waals surface area contributed by atoms with Crippen LogP contribution in [-0.2, 0) is 17.3 Å². The van der Waals surface area contributed by atoms with Crippen molar-refractivity contribution in [2.45, 2.75) is 78.6 Å². The van der Waals surface area contributed by atoms with Crippen LogP contribution in [0.2, 0.25) is 0 Å². The van der Waals surface area contributed by atoms with E-state index in [-0.39, 0.29) is 17.5 Å². The van der Waals surface area contributed by atoms with Gasteiger partial charge in [-0.1, -0.05) is 225 Å². The van der Waals surface area contributed by atoms with Gasteiger partial charge in [0.05, 0.1) is 38.8 Å². The van der Waals surface area contributed by atoms with E-state index in [2.05, 4.69) is 322 Å². The molecule has 0 unspecified atom stereocenters. The summed E-state index contributed by atoms with van der Waals surface area (Å²) >= 11 is 0. The highest BCUT2D eigenvalue weighted by atomic mass is 16.3. The van der Waals surface area contributed by atoms with Gasteiger partial charge >= 0.3 is 0 Å². The van der Waals surface area contributed by atoms with Gasteiger partial charge in [0.1, 0.15) is 11.2 Å². The number of para-hydroxylation sites is 5. The van der Waals surface area contributed by atoms with Crippen molar-refractivity contribution in [1.82, 2.24) is 9.13 Å². The van der Waals surface area contributed by atoms with E-state index >= 15 is 0 Å². The van der Waals surface area contributed by atoms with Crippen LogP contribution >= 0.6 is 0 Å². The van der Waals surface area contributed by atoms with E-state index in [9.17, 15) is 0 Å². The number of hydrogen-bond acceptors (Lipinski definition) is 3. The van der Waals surface area contributed by atoms with Gasteiger partial charge in [0, 0.05) is 72.2 Å². The molecule has 0 radical (unpaired) electrons. The Morgan fingerprint density at radius 1 is 0.378 bits per heavy atom. The summed E-state index contributed by atoms with van der Waals surface area (Å²) in [4.78, 5) is 5.43. The van der Waals surface area contributed by atoms with E-state index in [0.29, 0.717) is 0 Å². The third-order valence-corrected chi connectivity index (χ3v) is 19.6. The molecule has 0 atom stereocenters. The molecule has 12 aromatic carbocycles. The molecule has 5 heterocycles. The number of nitrogens with zero attached hydrogens (tertiary/aromatic N) is 4. The number of furan rings is 1. The topological polar surface area (TPSA) is 29.5 Å². The van der Waals surface area contributed by atoms with Crippen molar-refractivity contribution in [3.8, 4) is 33.6 Å². The second-order valence-electron chi connectivity index (χ2n) is 27.1. The van der Waals surface area contributed by atoms with Crippen molar-refractivity contribution in [3.63, 3.8) is 0 Å². The standard InChI is InChI=1S/C84H69BN4O/c1-8-9-26-55-41-46-78-79(64-35-20-25-40-77(64)90-78)81(55)88-73-51-58(86-69-36-21-16-31-60(69)61-32-17-22-37-70(61)86)42-44-67(73)85-68-45-43-59(87-71-38-23-18-33-62(71)63-34-19-24-39-72(63)87)52-74(68)89(76-50-57(84(5,6)7)49-75(88)80(76)85)82-65(53-27-12-10-13-28-53)47-56(83(2,3)4)48-66(82)54-29-14-11-15-30-54/h10-25,27-52H,8-9,26H2,1-7H3. The molecular weight excluding hydrogens is 1090 g/mol. The fourth-order valence-electron chi connectivity index (χ4n) is 15.2. The SMILES string of the molecule is CCCCc1ccc2oc3ccccc3c2c1N1c2cc(-n3c4ccccc4c4ccccc43)ccc2B2c3ccc(-n4c5ccccc5c5ccccc54)cc3N(c3c(-c4ccccc4)cc(C(C)(C)C)cc3-c3ccccc3)c3cc(C(C)(C)C)cc1c32. The zero-order valence-corrected chi connectivity index (χ0v) is 52.1. The molecule has 6 heteroatoms. The number of aryl methyl sites for hydroxylation is 1. The number of benzene rings is 12. The Labute approximate surface area is 526 Å². The largest absolute Gasteiger partial charge is 0.456 e. The maximum absolute atomic E-state index is 6.97. The van der Waals surface area contributed by atoms with Crippen LogP contribution in [0.4, 0.5) is 34.1 Å². The Hall–Kier alpha value is -10.3. The molecule has 0 spiro atoms. The van der Waals surface area contributed by atoms with E-state index in [4.69, 9.17) is 4.42 Å². The minimum absolute atomic E-state index is 0.165. The molecule has 5 nitrogen and oxygen atoms in total. The Morgan fingerprint density at radius 3 is 1.27 bits per heavy atom. The van der Waals surface area contributed by atoms with E-state index in [1.54, 1.807) is 0 Å². The van der Waals surface area contributed by atoms with Crippen LogP contribution in [0.25, 0.3) is 99.2 Å². The second kappa shape index (κ2) is 20.4. The van der Waals surface area contributed by atoms with Crippen LogP contribution < -0.4 is 26.2 Å². The number of anilines is 6. The minimum Gasteiger partial charge on any atom is -0.456 e. The van der Waals surface area contributed by atoms with Crippen molar-refractivity contribution in [3.05, 3.63) is 271 Å². The smallest absolute Gasteiger partial charge is 0.252 e. The lowest BCUT2D eigenvalue weighted by Gasteiger charge is -2.46. The van der Waals surface area contributed by atoms with Crippen molar-refractivity contribution < 1.29 is 4.42 Å². The van der Waals surface area contributed by atoms with E-state index in [1.165, 1.54) is 116 Å². The van der Waals surface area contributed by atoms with E-state index in [0.717, 1.165) is 69.6 Å². The van der Waals surface area contributed by atoms with Crippen LogP contribution in [0, 0.1) is 0 Å². The first kappa shape index (κ1) is 53.9. The summed E-state index contributed by atoms with van der Waals surface area (Å²) in [5.74, 6) is 0.